The zero-order valence-corrected chi connectivity index (χ0v) is 34.5. The molecule has 0 aliphatic heterocycles. The Kier molecular flexibility index (Phi) is 7.85. The van der Waals surface area contributed by atoms with Crippen LogP contribution in [-0.4, -0.2) is 9.13 Å². The molecule has 0 spiro atoms. The lowest BCUT2D eigenvalue weighted by atomic mass is 9.67. The van der Waals surface area contributed by atoms with Gasteiger partial charge in [0.1, 0.15) is 0 Å². The standard InChI is InChI=1S/C61H40N2/c1-5-17-41(18-6-1)42-29-33-48(34-30-42)63-57-37-32-44(43-31-36-56-51(39-43)49-25-14-16-28-55(49)62(56)47-23-11-4-12-24-47)40-52(57)60-58(63)38-35-54-59(60)50-26-13-15-27-53(50)61(54,45-19-7-2-8-20-45)46-21-9-3-10-22-46/h1-40H. The van der Waals surface area contributed by atoms with E-state index in [4.69, 9.17) is 0 Å². The molecule has 0 bridgehead atoms. The maximum Gasteiger partial charge on any atom is 0.0713 e. The molecule has 0 saturated carbocycles. The van der Waals surface area contributed by atoms with Crippen LogP contribution in [0.5, 0.6) is 0 Å². The fourth-order valence-corrected chi connectivity index (χ4v) is 10.9. The highest BCUT2D eigenvalue weighted by molar-refractivity contribution is 6.19. The van der Waals surface area contributed by atoms with Crippen molar-refractivity contribution in [3.05, 3.63) is 265 Å². The van der Waals surface area contributed by atoms with Crippen molar-refractivity contribution < 1.29 is 0 Å². The summed E-state index contributed by atoms with van der Waals surface area (Å²) in [6.07, 6.45) is 0. The molecule has 0 fully saturated rings. The molecule has 0 unspecified atom stereocenters. The Bertz CT molecular complexity index is 3650. The number of fused-ring (bicyclic) bond motifs is 10. The van der Waals surface area contributed by atoms with Gasteiger partial charge in [0.15, 0.2) is 0 Å². The number of hydrogen-bond donors (Lipinski definition) is 0. The lowest BCUT2D eigenvalue weighted by Gasteiger charge is -2.33. The second kappa shape index (κ2) is 13.9. The Morgan fingerprint density at radius 3 is 1.46 bits per heavy atom. The second-order valence-corrected chi connectivity index (χ2v) is 16.8. The van der Waals surface area contributed by atoms with E-state index >= 15 is 0 Å². The lowest BCUT2D eigenvalue weighted by Crippen LogP contribution is -2.28. The molecule has 0 atom stereocenters. The van der Waals surface area contributed by atoms with Crippen molar-refractivity contribution in [1.29, 1.82) is 0 Å². The van der Waals surface area contributed by atoms with Crippen LogP contribution >= 0.6 is 0 Å². The Labute approximate surface area is 366 Å². The first kappa shape index (κ1) is 35.5. The monoisotopic (exact) mass is 800 g/mol. The Hall–Kier alpha value is -8.20. The maximum atomic E-state index is 2.48. The van der Waals surface area contributed by atoms with E-state index in [0.29, 0.717) is 0 Å². The third-order valence-corrected chi connectivity index (χ3v) is 13.6. The minimum Gasteiger partial charge on any atom is -0.309 e. The summed E-state index contributed by atoms with van der Waals surface area (Å²) in [6.45, 7) is 0. The SMILES string of the molecule is c1ccc(-c2ccc(-n3c4ccc(-c5ccc6c(c5)c5ccccc5n6-c5ccccc5)cc4c4c5c(ccc43)C(c3ccccc3)(c3ccccc3)c3ccccc3-5)cc2)cc1. The summed E-state index contributed by atoms with van der Waals surface area (Å²) in [6, 6.07) is 89.5. The van der Waals surface area contributed by atoms with E-state index in [2.05, 4.69) is 252 Å². The van der Waals surface area contributed by atoms with Gasteiger partial charge < -0.3 is 9.13 Å². The van der Waals surface area contributed by atoms with Gasteiger partial charge in [0.2, 0.25) is 0 Å². The van der Waals surface area contributed by atoms with Crippen LogP contribution in [0.3, 0.4) is 0 Å². The molecule has 0 saturated heterocycles. The van der Waals surface area contributed by atoms with Crippen LogP contribution in [0.25, 0.3) is 88.4 Å². The molecule has 2 heteroatoms. The zero-order chi connectivity index (χ0) is 41.5. The van der Waals surface area contributed by atoms with Gasteiger partial charge in [-0.1, -0.05) is 182 Å². The van der Waals surface area contributed by atoms with Crippen LogP contribution in [0.2, 0.25) is 0 Å². The summed E-state index contributed by atoms with van der Waals surface area (Å²) < 4.78 is 4.87. The summed E-state index contributed by atoms with van der Waals surface area (Å²) in [7, 11) is 0. The molecule has 12 aromatic rings. The molecular formula is C61H40N2. The lowest BCUT2D eigenvalue weighted by molar-refractivity contribution is 0.769. The van der Waals surface area contributed by atoms with Gasteiger partial charge >= 0.3 is 0 Å². The van der Waals surface area contributed by atoms with Crippen molar-refractivity contribution >= 4 is 43.6 Å². The van der Waals surface area contributed by atoms with Crippen LogP contribution in [0, 0.1) is 0 Å². The van der Waals surface area contributed by atoms with Crippen molar-refractivity contribution in [3.63, 3.8) is 0 Å². The summed E-state index contributed by atoms with van der Waals surface area (Å²) in [5.74, 6) is 0. The molecule has 1 aliphatic carbocycles. The van der Waals surface area contributed by atoms with Crippen molar-refractivity contribution in [2.24, 2.45) is 0 Å². The molecular weight excluding hydrogens is 761 g/mol. The first-order valence-electron chi connectivity index (χ1n) is 21.8. The molecule has 2 nitrogen and oxygen atoms in total. The number of para-hydroxylation sites is 2. The number of rotatable bonds is 6. The van der Waals surface area contributed by atoms with E-state index in [1.807, 2.05) is 0 Å². The van der Waals surface area contributed by atoms with Crippen molar-refractivity contribution in [1.82, 2.24) is 9.13 Å². The van der Waals surface area contributed by atoms with Gasteiger partial charge in [0.05, 0.1) is 27.5 Å². The third-order valence-electron chi connectivity index (χ3n) is 13.6. The van der Waals surface area contributed by atoms with Gasteiger partial charge in [-0.25, -0.2) is 0 Å². The fraction of sp³-hybridized carbons (Fsp3) is 0.0164. The summed E-state index contributed by atoms with van der Waals surface area (Å²) in [5.41, 5.74) is 19.2. The molecule has 10 aromatic carbocycles. The quantitative estimate of drug-likeness (QED) is 0.159. The van der Waals surface area contributed by atoms with Crippen LogP contribution < -0.4 is 0 Å². The highest BCUT2D eigenvalue weighted by atomic mass is 15.0. The van der Waals surface area contributed by atoms with E-state index in [1.165, 1.54) is 105 Å². The minimum atomic E-state index is -0.496. The average Bonchev–Trinajstić information content (AvgIpc) is 3.99. The normalized spacial score (nSPS) is 12.9. The van der Waals surface area contributed by atoms with Crippen molar-refractivity contribution in [2.45, 2.75) is 5.41 Å². The van der Waals surface area contributed by atoms with E-state index in [0.717, 1.165) is 5.69 Å². The Morgan fingerprint density at radius 1 is 0.286 bits per heavy atom. The summed E-state index contributed by atoms with van der Waals surface area (Å²) in [5, 5.41) is 5.02. The van der Waals surface area contributed by atoms with Crippen LogP contribution in [0.15, 0.2) is 243 Å². The fourth-order valence-electron chi connectivity index (χ4n) is 10.9. The van der Waals surface area contributed by atoms with Crippen LogP contribution in [-0.2, 0) is 5.41 Å². The Balaban J connectivity index is 1.10. The predicted octanol–water partition coefficient (Wildman–Crippen LogP) is 15.6. The number of nitrogens with zero attached hydrogens (tertiary/aromatic N) is 2. The van der Waals surface area contributed by atoms with Crippen LogP contribution in [0.4, 0.5) is 0 Å². The molecule has 63 heavy (non-hydrogen) atoms. The van der Waals surface area contributed by atoms with E-state index in [1.54, 1.807) is 0 Å². The van der Waals surface area contributed by atoms with Gasteiger partial charge in [-0.05, 0) is 116 Å². The molecule has 0 N–H and O–H groups in total. The van der Waals surface area contributed by atoms with Crippen molar-refractivity contribution in [3.8, 4) is 44.8 Å². The van der Waals surface area contributed by atoms with Gasteiger partial charge in [0.25, 0.3) is 0 Å². The van der Waals surface area contributed by atoms with Crippen LogP contribution in [0.1, 0.15) is 22.3 Å². The van der Waals surface area contributed by atoms with Gasteiger partial charge in [-0.3, -0.25) is 0 Å². The predicted molar refractivity (Wildman–Crippen MR) is 263 cm³/mol. The Morgan fingerprint density at radius 2 is 0.762 bits per heavy atom. The maximum absolute atomic E-state index is 2.48. The molecule has 13 rings (SSSR count). The topological polar surface area (TPSA) is 9.86 Å². The largest absolute Gasteiger partial charge is 0.309 e. The average molecular weight is 801 g/mol. The van der Waals surface area contributed by atoms with Gasteiger partial charge in [-0.2, -0.15) is 0 Å². The smallest absolute Gasteiger partial charge is 0.0713 e. The van der Waals surface area contributed by atoms with E-state index in [9.17, 15) is 0 Å². The first-order valence-corrected chi connectivity index (χ1v) is 21.8. The summed E-state index contributed by atoms with van der Waals surface area (Å²) >= 11 is 0. The number of benzene rings is 10. The third kappa shape index (κ3) is 5.19. The summed E-state index contributed by atoms with van der Waals surface area (Å²) in [4.78, 5) is 0. The van der Waals surface area contributed by atoms with Gasteiger partial charge in [-0.15, -0.1) is 0 Å². The molecule has 0 radical (unpaired) electrons. The highest BCUT2D eigenvalue weighted by Gasteiger charge is 2.47. The molecule has 2 heterocycles. The highest BCUT2D eigenvalue weighted by Crippen LogP contribution is 2.59. The number of hydrogen-bond acceptors (Lipinski definition) is 0. The van der Waals surface area contributed by atoms with E-state index in [-0.39, 0.29) is 0 Å². The van der Waals surface area contributed by atoms with Crippen molar-refractivity contribution in [2.75, 3.05) is 0 Å². The van der Waals surface area contributed by atoms with E-state index < -0.39 is 5.41 Å². The first-order chi connectivity index (χ1) is 31.3. The number of aromatic nitrogens is 2. The zero-order valence-electron chi connectivity index (χ0n) is 34.5. The molecule has 294 valence electrons. The van der Waals surface area contributed by atoms with Gasteiger partial charge in [0, 0.05) is 32.9 Å². The second-order valence-electron chi connectivity index (χ2n) is 16.8. The molecule has 1 aliphatic rings. The minimum absolute atomic E-state index is 0.496. The molecule has 0 amide bonds. The molecule has 2 aromatic heterocycles.